The molecule has 2 rings (SSSR count). The zero-order valence-electron chi connectivity index (χ0n) is 14.9. The second-order valence-electron chi connectivity index (χ2n) is 6.66. The lowest BCUT2D eigenvalue weighted by Crippen LogP contribution is -2.32. The maximum atomic E-state index is 11.9. The molecule has 0 aromatic heterocycles. The minimum absolute atomic E-state index is 0.0303. The van der Waals surface area contributed by atoms with E-state index in [0.29, 0.717) is 5.92 Å². The van der Waals surface area contributed by atoms with Crippen LogP contribution in [0.3, 0.4) is 0 Å². The summed E-state index contributed by atoms with van der Waals surface area (Å²) < 4.78 is 5.79. The smallest absolute Gasteiger partial charge is 0.248 e. The van der Waals surface area contributed by atoms with Crippen LogP contribution >= 0.6 is 0 Å². The molecule has 0 unspecified atom stereocenters. The van der Waals surface area contributed by atoms with Crippen molar-refractivity contribution in [1.82, 2.24) is 10.6 Å². The minimum atomic E-state index is 0.0303. The second kappa shape index (κ2) is 10.0. The maximum Gasteiger partial charge on any atom is 0.248 e. The topological polar surface area (TPSA) is 50.4 Å². The van der Waals surface area contributed by atoms with Crippen molar-refractivity contribution >= 4 is 5.91 Å². The second-order valence-corrected chi connectivity index (χ2v) is 6.66. The standard InChI is InChI=1S/C20H30N2O2/c1-16(14-21-2)20(23)22-15-18-10-8-17(9-11-18)12-13-24-19-6-4-3-5-7-19/h3-7,14,17-18,21H,8-13,15H2,1-2H3,(H,22,23)/b16-14+. The monoisotopic (exact) mass is 330 g/mol. The summed E-state index contributed by atoms with van der Waals surface area (Å²) in [6, 6.07) is 10.0. The third-order valence-corrected chi connectivity index (χ3v) is 4.77. The SMILES string of the molecule is CN/C=C(\C)C(=O)NCC1CCC(CCOc2ccccc2)CC1. The molecule has 2 N–H and O–H groups in total. The molecule has 1 fully saturated rings. The van der Waals surface area contributed by atoms with Gasteiger partial charge in [-0.2, -0.15) is 0 Å². The lowest BCUT2D eigenvalue weighted by atomic mass is 9.80. The molecular formula is C20H30N2O2. The van der Waals surface area contributed by atoms with Crippen molar-refractivity contribution in [2.75, 3.05) is 20.2 Å². The Morgan fingerprint density at radius 2 is 1.83 bits per heavy atom. The highest BCUT2D eigenvalue weighted by Gasteiger charge is 2.21. The van der Waals surface area contributed by atoms with Crippen LogP contribution < -0.4 is 15.4 Å². The maximum absolute atomic E-state index is 11.9. The summed E-state index contributed by atoms with van der Waals surface area (Å²) in [6.07, 6.45) is 7.74. The van der Waals surface area contributed by atoms with E-state index in [4.69, 9.17) is 4.74 Å². The molecule has 0 spiro atoms. The quantitative estimate of drug-likeness (QED) is 0.717. The molecule has 0 bridgehead atoms. The van der Waals surface area contributed by atoms with Crippen LogP contribution in [-0.2, 0) is 4.79 Å². The summed E-state index contributed by atoms with van der Waals surface area (Å²) in [4.78, 5) is 11.9. The Labute approximate surface area is 145 Å². The van der Waals surface area contributed by atoms with Crippen LogP contribution in [0.15, 0.2) is 42.1 Å². The number of ether oxygens (including phenoxy) is 1. The molecule has 1 saturated carbocycles. The molecule has 1 aromatic carbocycles. The molecule has 132 valence electrons. The van der Waals surface area contributed by atoms with E-state index in [1.165, 1.54) is 25.7 Å². The van der Waals surface area contributed by atoms with Gasteiger partial charge in [0.2, 0.25) is 5.91 Å². The molecule has 0 radical (unpaired) electrons. The van der Waals surface area contributed by atoms with Crippen LogP contribution in [0.25, 0.3) is 0 Å². The van der Waals surface area contributed by atoms with E-state index >= 15 is 0 Å². The molecule has 0 aliphatic heterocycles. The van der Waals surface area contributed by atoms with Gasteiger partial charge in [0, 0.05) is 25.4 Å². The van der Waals surface area contributed by atoms with Gasteiger partial charge in [-0.05, 0) is 63.0 Å². The van der Waals surface area contributed by atoms with E-state index in [1.807, 2.05) is 37.3 Å². The number of hydrogen-bond donors (Lipinski definition) is 2. The van der Waals surface area contributed by atoms with Crippen molar-refractivity contribution in [1.29, 1.82) is 0 Å². The number of carbonyl (C=O) groups is 1. The van der Waals surface area contributed by atoms with E-state index in [9.17, 15) is 4.79 Å². The van der Waals surface area contributed by atoms with E-state index in [-0.39, 0.29) is 5.91 Å². The number of amides is 1. The van der Waals surface area contributed by atoms with Gasteiger partial charge in [-0.25, -0.2) is 0 Å². The predicted molar refractivity (Wildman–Crippen MR) is 97.8 cm³/mol. The number of hydrogen-bond acceptors (Lipinski definition) is 3. The molecule has 1 amide bonds. The van der Waals surface area contributed by atoms with Gasteiger partial charge in [0.15, 0.2) is 0 Å². The largest absolute Gasteiger partial charge is 0.494 e. The predicted octanol–water partition coefficient (Wildman–Crippen LogP) is 3.50. The third-order valence-electron chi connectivity index (χ3n) is 4.77. The van der Waals surface area contributed by atoms with Crippen LogP contribution in [0.4, 0.5) is 0 Å². The number of carbonyl (C=O) groups excluding carboxylic acids is 1. The highest BCUT2D eigenvalue weighted by molar-refractivity contribution is 5.92. The Morgan fingerprint density at radius 1 is 1.17 bits per heavy atom. The zero-order chi connectivity index (χ0) is 17.2. The summed E-state index contributed by atoms with van der Waals surface area (Å²) in [5, 5.41) is 5.93. The van der Waals surface area contributed by atoms with Crippen LogP contribution in [0.5, 0.6) is 5.75 Å². The molecule has 4 heteroatoms. The first-order chi connectivity index (χ1) is 11.7. The van der Waals surface area contributed by atoms with E-state index in [1.54, 1.807) is 13.2 Å². The first kappa shape index (κ1) is 18.4. The number of benzene rings is 1. The van der Waals surface area contributed by atoms with Gasteiger partial charge in [0.05, 0.1) is 6.61 Å². The highest BCUT2D eigenvalue weighted by Crippen LogP contribution is 2.30. The number of rotatable bonds is 8. The highest BCUT2D eigenvalue weighted by atomic mass is 16.5. The zero-order valence-corrected chi connectivity index (χ0v) is 14.9. The Kier molecular flexibility index (Phi) is 7.66. The van der Waals surface area contributed by atoms with Crippen LogP contribution in [0.1, 0.15) is 39.0 Å². The molecule has 4 nitrogen and oxygen atoms in total. The lowest BCUT2D eigenvalue weighted by Gasteiger charge is -2.28. The fourth-order valence-electron chi connectivity index (χ4n) is 3.24. The van der Waals surface area contributed by atoms with Gasteiger partial charge in [-0.3, -0.25) is 4.79 Å². The summed E-state index contributed by atoms with van der Waals surface area (Å²) in [7, 11) is 1.81. The lowest BCUT2D eigenvalue weighted by molar-refractivity contribution is -0.117. The summed E-state index contributed by atoms with van der Waals surface area (Å²) >= 11 is 0. The van der Waals surface area contributed by atoms with Crippen LogP contribution in [0, 0.1) is 11.8 Å². The minimum Gasteiger partial charge on any atom is -0.494 e. The summed E-state index contributed by atoms with van der Waals surface area (Å²) in [6.45, 7) is 3.42. The van der Waals surface area contributed by atoms with Gasteiger partial charge in [0.1, 0.15) is 5.75 Å². The van der Waals surface area contributed by atoms with Crippen molar-refractivity contribution < 1.29 is 9.53 Å². The van der Waals surface area contributed by atoms with Gasteiger partial charge < -0.3 is 15.4 Å². The van der Waals surface area contributed by atoms with Crippen LogP contribution in [-0.4, -0.2) is 26.1 Å². The molecule has 1 aliphatic carbocycles. The Morgan fingerprint density at radius 3 is 2.50 bits per heavy atom. The van der Waals surface area contributed by atoms with E-state index in [2.05, 4.69) is 10.6 Å². The van der Waals surface area contributed by atoms with E-state index < -0.39 is 0 Å². The molecule has 1 aromatic rings. The first-order valence-corrected chi connectivity index (χ1v) is 8.99. The van der Waals surface area contributed by atoms with Gasteiger partial charge >= 0.3 is 0 Å². The summed E-state index contributed by atoms with van der Waals surface area (Å²) in [5.74, 6) is 2.36. The fraction of sp³-hybridized carbons (Fsp3) is 0.550. The Bertz CT molecular complexity index is 520. The van der Waals surface area contributed by atoms with Crippen molar-refractivity contribution in [2.24, 2.45) is 11.8 Å². The van der Waals surface area contributed by atoms with Crippen molar-refractivity contribution in [3.63, 3.8) is 0 Å². The third kappa shape index (κ3) is 6.26. The molecule has 24 heavy (non-hydrogen) atoms. The fourth-order valence-corrected chi connectivity index (χ4v) is 3.24. The van der Waals surface area contributed by atoms with E-state index in [0.717, 1.165) is 36.8 Å². The average molecular weight is 330 g/mol. The molecule has 0 heterocycles. The van der Waals surface area contributed by atoms with Gasteiger partial charge in [-0.1, -0.05) is 18.2 Å². The normalized spacial score (nSPS) is 21.2. The molecule has 0 saturated heterocycles. The van der Waals surface area contributed by atoms with Gasteiger partial charge in [0.25, 0.3) is 0 Å². The molecule has 1 aliphatic rings. The van der Waals surface area contributed by atoms with Crippen molar-refractivity contribution in [2.45, 2.75) is 39.0 Å². The molecular weight excluding hydrogens is 300 g/mol. The van der Waals surface area contributed by atoms with Crippen molar-refractivity contribution in [3.05, 3.63) is 42.1 Å². The number of para-hydroxylation sites is 1. The average Bonchev–Trinajstić information content (AvgIpc) is 2.62. The summed E-state index contributed by atoms with van der Waals surface area (Å²) in [5.41, 5.74) is 0.726. The van der Waals surface area contributed by atoms with Gasteiger partial charge in [-0.15, -0.1) is 0 Å². The van der Waals surface area contributed by atoms with Crippen LogP contribution in [0.2, 0.25) is 0 Å². The molecule has 0 atom stereocenters. The van der Waals surface area contributed by atoms with Crippen molar-refractivity contribution in [3.8, 4) is 5.75 Å². The number of nitrogens with one attached hydrogen (secondary N) is 2. The Balaban J connectivity index is 1.59. The Hall–Kier alpha value is -1.97. The first-order valence-electron chi connectivity index (χ1n) is 8.99.